The minimum absolute atomic E-state index is 0.0919. The van der Waals surface area contributed by atoms with Crippen LogP contribution in [-0.2, 0) is 0 Å². The lowest BCUT2D eigenvalue weighted by Crippen LogP contribution is -2.30. The Bertz CT molecular complexity index is 1150. The number of benzene rings is 1. The molecule has 3 rings (SSSR count). The molecule has 3 aromatic rings. The van der Waals surface area contributed by atoms with E-state index in [4.69, 9.17) is 11.6 Å². The lowest BCUT2D eigenvalue weighted by molar-refractivity contribution is 0.0773. The number of pyridine rings is 1. The summed E-state index contributed by atoms with van der Waals surface area (Å²) in [6.45, 7) is 6.82. The minimum Gasteiger partial charge on any atom is -0.339 e. The summed E-state index contributed by atoms with van der Waals surface area (Å²) in [7, 11) is 0. The molecule has 8 heteroatoms. The number of aromatic nitrogens is 2. The van der Waals surface area contributed by atoms with Gasteiger partial charge in [-0.1, -0.05) is 11.6 Å². The van der Waals surface area contributed by atoms with Crippen molar-refractivity contribution in [3.8, 4) is 0 Å². The second-order valence-electron chi connectivity index (χ2n) is 6.54. The zero-order valence-electron chi connectivity index (χ0n) is 16.4. The van der Waals surface area contributed by atoms with Crippen LogP contribution >= 0.6 is 11.6 Å². The van der Waals surface area contributed by atoms with E-state index in [9.17, 15) is 14.4 Å². The maximum Gasteiger partial charge on any atom is 0.270 e. The van der Waals surface area contributed by atoms with E-state index in [2.05, 4.69) is 10.3 Å². The number of halogens is 1. The summed E-state index contributed by atoms with van der Waals surface area (Å²) >= 11 is 6.26. The molecule has 0 saturated heterocycles. The average molecular weight is 413 g/mol. The van der Waals surface area contributed by atoms with Crippen LogP contribution < -0.4 is 10.9 Å². The first kappa shape index (κ1) is 20.5. The smallest absolute Gasteiger partial charge is 0.270 e. The minimum atomic E-state index is -0.601. The van der Waals surface area contributed by atoms with Gasteiger partial charge in [0.2, 0.25) is 0 Å². The molecule has 1 aromatic carbocycles. The standard InChI is InChI=1S/C21H21ClN4O3/c1-4-25(5-2)20(28)15-7-6-14(11-17(15)22)24-19(27)16-12-23-18-10-13(3)8-9-26(18)21(16)29/h6-12H,4-5H2,1-3H3,(H,24,27). The van der Waals surface area contributed by atoms with E-state index in [1.165, 1.54) is 16.7 Å². The van der Waals surface area contributed by atoms with Crippen molar-refractivity contribution in [1.29, 1.82) is 0 Å². The number of hydrogen-bond acceptors (Lipinski definition) is 4. The molecule has 0 spiro atoms. The topological polar surface area (TPSA) is 83.8 Å². The molecule has 0 saturated carbocycles. The summed E-state index contributed by atoms with van der Waals surface area (Å²) in [6.07, 6.45) is 2.84. The van der Waals surface area contributed by atoms with Crippen LogP contribution in [-0.4, -0.2) is 39.2 Å². The highest BCUT2D eigenvalue weighted by Gasteiger charge is 2.18. The zero-order chi connectivity index (χ0) is 21.1. The second-order valence-corrected chi connectivity index (χ2v) is 6.94. The molecule has 2 amide bonds. The Labute approximate surface area is 172 Å². The highest BCUT2D eigenvalue weighted by molar-refractivity contribution is 6.34. The SMILES string of the molecule is CCN(CC)C(=O)c1ccc(NC(=O)c2cnc3cc(C)ccn3c2=O)cc1Cl. The third-order valence-corrected chi connectivity index (χ3v) is 4.93. The van der Waals surface area contributed by atoms with Crippen LogP contribution in [0.5, 0.6) is 0 Å². The van der Waals surface area contributed by atoms with Gasteiger partial charge in [0.05, 0.1) is 10.6 Å². The number of rotatable bonds is 5. The quantitative estimate of drug-likeness (QED) is 0.696. The first-order chi connectivity index (χ1) is 13.8. The van der Waals surface area contributed by atoms with E-state index in [1.54, 1.807) is 35.4 Å². The lowest BCUT2D eigenvalue weighted by atomic mass is 10.1. The molecule has 0 aliphatic carbocycles. The third-order valence-electron chi connectivity index (χ3n) is 4.62. The number of carbonyl (C=O) groups is 2. The van der Waals surface area contributed by atoms with Crippen molar-refractivity contribution in [2.45, 2.75) is 20.8 Å². The molecule has 2 heterocycles. The molecule has 29 heavy (non-hydrogen) atoms. The fourth-order valence-corrected chi connectivity index (χ4v) is 3.24. The monoisotopic (exact) mass is 412 g/mol. The number of aryl methyl sites for hydroxylation is 1. The van der Waals surface area contributed by atoms with E-state index in [0.717, 1.165) is 5.56 Å². The van der Waals surface area contributed by atoms with Crippen molar-refractivity contribution < 1.29 is 9.59 Å². The Morgan fingerprint density at radius 3 is 2.52 bits per heavy atom. The molecule has 0 bridgehead atoms. The average Bonchev–Trinajstić information content (AvgIpc) is 2.69. The van der Waals surface area contributed by atoms with Gasteiger partial charge in [0.1, 0.15) is 11.2 Å². The van der Waals surface area contributed by atoms with Crippen LogP contribution in [0.1, 0.15) is 40.1 Å². The zero-order valence-corrected chi connectivity index (χ0v) is 17.2. The van der Waals surface area contributed by atoms with Gasteiger partial charge in [-0.15, -0.1) is 0 Å². The second kappa shape index (κ2) is 8.45. The van der Waals surface area contributed by atoms with Crippen molar-refractivity contribution >= 4 is 34.7 Å². The van der Waals surface area contributed by atoms with Crippen molar-refractivity contribution in [2.24, 2.45) is 0 Å². The van der Waals surface area contributed by atoms with Gasteiger partial charge in [-0.05, 0) is 56.7 Å². The Balaban J connectivity index is 1.86. The van der Waals surface area contributed by atoms with Crippen LogP contribution in [0.15, 0.2) is 47.5 Å². The summed E-state index contributed by atoms with van der Waals surface area (Å²) in [5.41, 5.74) is 1.61. The van der Waals surface area contributed by atoms with Gasteiger partial charge in [0, 0.05) is 31.2 Å². The van der Waals surface area contributed by atoms with Gasteiger partial charge in [0.25, 0.3) is 17.4 Å². The maximum atomic E-state index is 12.6. The molecule has 7 nitrogen and oxygen atoms in total. The molecule has 0 aliphatic rings. The lowest BCUT2D eigenvalue weighted by Gasteiger charge is -2.19. The Morgan fingerprint density at radius 2 is 1.86 bits per heavy atom. The van der Waals surface area contributed by atoms with Crippen molar-refractivity contribution in [1.82, 2.24) is 14.3 Å². The predicted molar refractivity (Wildman–Crippen MR) is 113 cm³/mol. The summed E-state index contributed by atoms with van der Waals surface area (Å²) in [5, 5.41) is 2.86. The van der Waals surface area contributed by atoms with Crippen molar-refractivity contribution in [3.63, 3.8) is 0 Å². The van der Waals surface area contributed by atoms with Gasteiger partial charge in [0.15, 0.2) is 0 Å². The van der Waals surface area contributed by atoms with Gasteiger partial charge >= 0.3 is 0 Å². The van der Waals surface area contributed by atoms with E-state index in [-0.39, 0.29) is 16.5 Å². The molecule has 0 fully saturated rings. The Morgan fingerprint density at radius 1 is 1.14 bits per heavy atom. The Kier molecular flexibility index (Phi) is 5.98. The van der Waals surface area contributed by atoms with Crippen molar-refractivity contribution in [3.05, 3.63) is 74.8 Å². The summed E-state index contributed by atoms with van der Waals surface area (Å²) in [4.78, 5) is 43.5. The van der Waals surface area contributed by atoms with Crippen molar-refractivity contribution in [2.75, 3.05) is 18.4 Å². The van der Waals surface area contributed by atoms with Crippen LogP contribution in [0.4, 0.5) is 5.69 Å². The molecule has 0 unspecified atom stereocenters. The van der Waals surface area contributed by atoms with Gasteiger partial charge < -0.3 is 10.2 Å². The Hall–Kier alpha value is -3.19. The molecule has 0 aliphatic heterocycles. The number of fused-ring (bicyclic) bond motifs is 1. The normalized spacial score (nSPS) is 10.8. The van der Waals surface area contributed by atoms with E-state index in [1.807, 2.05) is 20.8 Å². The predicted octanol–water partition coefficient (Wildman–Crippen LogP) is 3.39. The molecular weight excluding hydrogens is 392 g/mol. The summed E-state index contributed by atoms with van der Waals surface area (Å²) < 4.78 is 1.32. The summed E-state index contributed by atoms with van der Waals surface area (Å²) in [5.74, 6) is -0.776. The fraction of sp³-hybridized carbons (Fsp3) is 0.238. The fourth-order valence-electron chi connectivity index (χ4n) is 2.98. The first-order valence-electron chi connectivity index (χ1n) is 9.23. The van der Waals surface area contributed by atoms with E-state index >= 15 is 0 Å². The highest BCUT2D eigenvalue weighted by atomic mass is 35.5. The van der Waals surface area contributed by atoms with Gasteiger partial charge in [-0.3, -0.25) is 18.8 Å². The van der Waals surface area contributed by atoms with Crippen LogP contribution in [0.25, 0.3) is 5.65 Å². The highest BCUT2D eigenvalue weighted by Crippen LogP contribution is 2.23. The van der Waals surface area contributed by atoms with E-state index < -0.39 is 11.5 Å². The number of amides is 2. The maximum absolute atomic E-state index is 12.6. The largest absolute Gasteiger partial charge is 0.339 e. The number of anilines is 1. The van der Waals surface area contributed by atoms with Crippen LogP contribution in [0, 0.1) is 6.92 Å². The van der Waals surface area contributed by atoms with Crippen LogP contribution in [0.3, 0.4) is 0 Å². The number of hydrogen-bond donors (Lipinski definition) is 1. The van der Waals surface area contributed by atoms with E-state index in [0.29, 0.717) is 30.0 Å². The number of carbonyl (C=O) groups excluding carboxylic acids is 2. The molecular formula is C21H21ClN4O3. The molecule has 0 atom stereocenters. The molecule has 2 aromatic heterocycles. The first-order valence-corrected chi connectivity index (χ1v) is 9.61. The van der Waals surface area contributed by atoms with Gasteiger partial charge in [-0.25, -0.2) is 4.98 Å². The third kappa shape index (κ3) is 4.14. The number of nitrogens with one attached hydrogen (secondary N) is 1. The van der Waals surface area contributed by atoms with Crippen LogP contribution in [0.2, 0.25) is 5.02 Å². The van der Waals surface area contributed by atoms with Gasteiger partial charge in [-0.2, -0.15) is 0 Å². The number of nitrogens with zero attached hydrogens (tertiary/aromatic N) is 3. The molecule has 150 valence electrons. The summed E-state index contributed by atoms with van der Waals surface area (Å²) in [6, 6.07) is 8.16. The molecule has 0 radical (unpaired) electrons. The molecule has 1 N–H and O–H groups in total.